The summed E-state index contributed by atoms with van der Waals surface area (Å²) in [5, 5.41) is 1.88. The van der Waals surface area contributed by atoms with Gasteiger partial charge in [0.2, 0.25) is 3.79 Å². The summed E-state index contributed by atoms with van der Waals surface area (Å²) in [7, 11) is 0. The maximum absolute atomic E-state index is 5.85. The molecule has 0 nitrogen and oxygen atoms in total. The van der Waals surface area contributed by atoms with Gasteiger partial charge in [-0.3, -0.25) is 0 Å². The number of hydrogen-bond acceptors (Lipinski definition) is 0. The van der Waals surface area contributed by atoms with Crippen molar-refractivity contribution in [1.29, 1.82) is 0 Å². The quantitative estimate of drug-likeness (QED) is 0.600. The zero-order chi connectivity index (χ0) is 10.2. The average Bonchev–Trinajstić information content (AvgIpc) is 2.15. The first-order valence-electron chi connectivity index (χ1n) is 4.05. The van der Waals surface area contributed by atoms with E-state index >= 15 is 0 Å². The summed E-state index contributed by atoms with van der Waals surface area (Å²) < 4.78 is -1.38. The molecule has 0 aliphatic carbocycles. The van der Waals surface area contributed by atoms with E-state index in [-0.39, 0.29) is 0 Å². The standard InChI is InChI=1S/C11H6Cl3/c12-11(13,14)10-7-3-5-8-4-1-2-6-9(8)10/h1-3,5-7H. The Labute approximate surface area is 97.4 Å². The van der Waals surface area contributed by atoms with Crippen LogP contribution < -0.4 is 0 Å². The van der Waals surface area contributed by atoms with Crippen molar-refractivity contribution in [3.8, 4) is 0 Å². The van der Waals surface area contributed by atoms with Crippen LogP contribution in [0.3, 0.4) is 0 Å². The van der Waals surface area contributed by atoms with Crippen LogP contribution in [-0.4, -0.2) is 0 Å². The number of fused-ring (bicyclic) bond motifs is 1. The van der Waals surface area contributed by atoms with Crippen LogP contribution in [0.25, 0.3) is 10.8 Å². The van der Waals surface area contributed by atoms with Crippen LogP contribution >= 0.6 is 34.8 Å². The largest absolute Gasteiger partial charge is 0.216 e. The Balaban J connectivity index is 2.78. The number of halogens is 3. The molecule has 0 N–H and O–H groups in total. The zero-order valence-corrected chi connectivity index (χ0v) is 9.37. The Morgan fingerprint density at radius 2 is 1.79 bits per heavy atom. The van der Waals surface area contributed by atoms with Crippen LogP contribution in [0.2, 0.25) is 0 Å². The summed E-state index contributed by atoms with van der Waals surface area (Å²) in [6.45, 7) is 0. The Morgan fingerprint density at radius 3 is 2.50 bits per heavy atom. The summed E-state index contributed by atoms with van der Waals surface area (Å²) in [6.07, 6.45) is 0. The van der Waals surface area contributed by atoms with E-state index < -0.39 is 3.79 Å². The molecular formula is C11H6Cl3. The Morgan fingerprint density at radius 1 is 1.00 bits per heavy atom. The molecule has 0 bridgehead atoms. The van der Waals surface area contributed by atoms with Crippen molar-refractivity contribution in [1.82, 2.24) is 0 Å². The van der Waals surface area contributed by atoms with Crippen molar-refractivity contribution in [3.05, 3.63) is 48.0 Å². The molecular weight excluding hydrogens is 238 g/mol. The molecule has 2 aromatic rings. The number of benzene rings is 2. The second kappa shape index (κ2) is 3.62. The second-order valence-electron chi connectivity index (χ2n) is 2.93. The third-order valence-corrected chi connectivity index (χ3v) is 2.62. The molecule has 0 atom stereocenters. The molecule has 3 heteroatoms. The molecule has 0 saturated heterocycles. The van der Waals surface area contributed by atoms with E-state index in [1.807, 2.05) is 36.4 Å². The van der Waals surface area contributed by atoms with Gasteiger partial charge in [0, 0.05) is 5.56 Å². The predicted octanol–water partition coefficient (Wildman–Crippen LogP) is 4.47. The normalized spacial score (nSPS) is 11.9. The van der Waals surface area contributed by atoms with Gasteiger partial charge >= 0.3 is 0 Å². The lowest BCUT2D eigenvalue weighted by molar-refractivity contribution is 1.27. The summed E-state index contributed by atoms with van der Waals surface area (Å²) >= 11 is 17.6. The minimum atomic E-state index is -1.38. The van der Waals surface area contributed by atoms with Crippen molar-refractivity contribution in [2.24, 2.45) is 0 Å². The lowest BCUT2D eigenvalue weighted by Gasteiger charge is -2.13. The van der Waals surface area contributed by atoms with Crippen LogP contribution in [0.15, 0.2) is 36.4 Å². The number of rotatable bonds is 0. The molecule has 0 amide bonds. The molecule has 0 aliphatic heterocycles. The maximum Gasteiger partial charge on any atom is 0.216 e. The van der Waals surface area contributed by atoms with E-state index in [2.05, 4.69) is 6.07 Å². The van der Waals surface area contributed by atoms with Crippen molar-refractivity contribution in [3.63, 3.8) is 0 Å². The van der Waals surface area contributed by atoms with Gasteiger partial charge in [-0.25, -0.2) is 0 Å². The molecule has 2 rings (SSSR count). The molecule has 0 unspecified atom stereocenters. The van der Waals surface area contributed by atoms with Gasteiger partial charge in [-0.15, -0.1) is 0 Å². The van der Waals surface area contributed by atoms with Crippen LogP contribution in [0.4, 0.5) is 0 Å². The Kier molecular flexibility index (Phi) is 2.61. The van der Waals surface area contributed by atoms with Crippen LogP contribution in [0, 0.1) is 6.07 Å². The molecule has 0 aliphatic rings. The Bertz CT molecular complexity index is 452. The summed E-state index contributed by atoms with van der Waals surface area (Å²) in [4.78, 5) is 0. The van der Waals surface area contributed by atoms with Crippen molar-refractivity contribution < 1.29 is 0 Å². The third kappa shape index (κ3) is 1.83. The SMILES string of the molecule is ClC(Cl)(Cl)c1cccc2[c]cccc12. The molecule has 0 aromatic heterocycles. The minimum absolute atomic E-state index is 0.692. The van der Waals surface area contributed by atoms with E-state index in [1.165, 1.54) is 0 Å². The van der Waals surface area contributed by atoms with E-state index in [1.54, 1.807) is 0 Å². The van der Waals surface area contributed by atoms with E-state index in [0.717, 1.165) is 10.8 Å². The van der Waals surface area contributed by atoms with Crippen LogP contribution in [-0.2, 0) is 3.79 Å². The Hall–Kier alpha value is -0.430. The lowest BCUT2D eigenvalue weighted by atomic mass is 10.1. The predicted molar refractivity (Wildman–Crippen MR) is 62.0 cm³/mol. The average molecular weight is 245 g/mol. The second-order valence-corrected chi connectivity index (χ2v) is 5.22. The van der Waals surface area contributed by atoms with Gasteiger partial charge in [0.15, 0.2) is 0 Å². The van der Waals surface area contributed by atoms with Gasteiger partial charge in [0.25, 0.3) is 0 Å². The van der Waals surface area contributed by atoms with Gasteiger partial charge in [-0.1, -0.05) is 71.2 Å². The fraction of sp³-hybridized carbons (Fsp3) is 0.0909. The lowest BCUT2D eigenvalue weighted by Crippen LogP contribution is -2.00. The summed E-state index contributed by atoms with van der Waals surface area (Å²) in [5.74, 6) is 0. The highest BCUT2D eigenvalue weighted by Crippen LogP contribution is 2.41. The van der Waals surface area contributed by atoms with Gasteiger partial charge in [0.05, 0.1) is 0 Å². The number of hydrogen-bond donors (Lipinski definition) is 0. The smallest absolute Gasteiger partial charge is 0.0784 e. The fourth-order valence-corrected chi connectivity index (χ4v) is 1.89. The molecule has 14 heavy (non-hydrogen) atoms. The molecule has 1 radical (unpaired) electrons. The van der Waals surface area contributed by atoms with Gasteiger partial charge < -0.3 is 0 Å². The van der Waals surface area contributed by atoms with Crippen molar-refractivity contribution >= 4 is 45.6 Å². The summed E-state index contributed by atoms with van der Waals surface area (Å²) in [6, 6.07) is 14.3. The molecule has 71 valence electrons. The van der Waals surface area contributed by atoms with Crippen LogP contribution in [0.5, 0.6) is 0 Å². The number of alkyl halides is 3. The topological polar surface area (TPSA) is 0 Å². The third-order valence-electron chi connectivity index (χ3n) is 2.01. The van der Waals surface area contributed by atoms with Crippen molar-refractivity contribution in [2.75, 3.05) is 0 Å². The van der Waals surface area contributed by atoms with Crippen LogP contribution in [0.1, 0.15) is 5.56 Å². The molecule has 2 aromatic carbocycles. The first-order chi connectivity index (χ1) is 6.59. The highest BCUT2D eigenvalue weighted by molar-refractivity contribution is 6.67. The molecule has 0 spiro atoms. The van der Waals surface area contributed by atoms with E-state index in [4.69, 9.17) is 34.8 Å². The molecule has 0 heterocycles. The maximum atomic E-state index is 5.85. The van der Waals surface area contributed by atoms with Gasteiger partial charge in [0.1, 0.15) is 0 Å². The van der Waals surface area contributed by atoms with Gasteiger partial charge in [-0.2, -0.15) is 0 Å². The zero-order valence-electron chi connectivity index (χ0n) is 7.10. The monoisotopic (exact) mass is 243 g/mol. The van der Waals surface area contributed by atoms with E-state index in [9.17, 15) is 0 Å². The first-order valence-corrected chi connectivity index (χ1v) is 5.19. The minimum Gasteiger partial charge on any atom is -0.0784 e. The van der Waals surface area contributed by atoms with Crippen molar-refractivity contribution in [2.45, 2.75) is 3.79 Å². The highest BCUT2D eigenvalue weighted by Gasteiger charge is 2.24. The molecule has 0 saturated carbocycles. The van der Waals surface area contributed by atoms with E-state index in [0.29, 0.717) is 5.56 Å². The first kappa shape index (κ1) is 10.1. The fourth-order valence-electron chi connectivity index (χ4n) is 1.40. The summed E-state index contributed by atoms with van der Waals surface area (Å²) in [5.41, 5.74) is 0.692. The molecule has 0 fully saturated rings. The van der Waals surface area contributed by atoms with Gasteiger partial charge in [-0.05, 0) is 16.8 Å². The highest BCUT2D eigenvalue weighted by atomic mass is 35.6.